The van der Waals surface area contributed by atoms with Gasteiger partial charge >= 0.3 is 0 Å². The fourth-order valence-corrected chi connectivity index (χ4v) is 4.47. The van der Waals surface area contributed by atoms with Gasteiger partial charge in [0.2, 0.25) is 0 Å². The van der Waals surface area contributed by atoms with E-state index in [1.165, 1.54) is 64.5 Å². The van der Waals surface area contributed by atoms with E-state index in [0.29, 0.717) is 15.6 Å². The monoisotopic (exact) mass is 368 g/mol. The van der Waals surface area contributed by atoms with Crippen molar-refractivity contribution in [2.75, 3.05) is 19.6 Å². The Morgan fingerprint density at radius 3 is 2.33 bits per heavy atom. The number of benzene rings is 1. The van der Waals surface area contributed by atoms with E-state index in [1.807, 2.05) is 0 Å². The predicted molar refractivity (Wildman–Crippen MR) is 100 cm³/mol. The van der Waals surface area contributed by atoms with Crippen LogP contribution < -0.4 is 5.32 Å². The lowest BCUT2D eigenvalue weighted by Crippen LogP contribution is -2.58. The van der Waals surface area contributed by atoms with Crippen molar-refractivity contribution in [3.05, 3.63) is 33.8 Å². The molecule has 1 saturated carbocycles. The van der Waals surface area contributed by atoms with Crippen LogP contribution in [0, 0.1) is 0 Å². The Balaban J connectivity index is 1.68. The number of carbonyl (C=O) groups excluding carboxylic acids is 1. The Morgan fingerprint density at radius 2 is 1.67 bits per heavy atom. The number of hydrogen-bond acceptors (Lipinski definition) is 2. The van der Waals surface area contributed by atoms with Crippen LogP contribution in [0.2, 0.25) is 10.0 Å². The molecule has 0 spiro atoms. The molecule has 0 bridgehead atoms. The molecule has 2 fully saturated rings. The van der Waals surface area contributed by atoms with Gasteiger partial charge in [-0.3, -0.25) is 9.69 Å². The highest BCUT2D eigenvalue weighted by molar-refractivity contribution is 6.42. The van der Waals surface area contributed by atoms with Crippen LogP contribution in [-0.4, -0.2) is 36.0 Å². The van der Waals surface area contributed by atoms with Crippen LogP contribution in [0.15, 0.2) is 18.2 Å². The van der Waals surface area contributed by atoms with E-state index in [0.717, 1.165) is 6.54 Å². The first-order valence-corrected chi connectivity index (χ1v) is 9.85. The molecule has 2 aliphatic rings. The average Bonchev–Trinajstić information content (AvgIpc) is 2.63. The lowest BCUT2D eigenvalue weighted by Gasteiger charge is -2.48. The van der Waals surface area contributed by atoms with Crippen molar-refractivity contribution in [2.45, 2.75) is 56.9 Å². The van der Waals surface area contributed by atoms with Crippen LogP contribution in [0.4, 0.5) is 0 Å². The number of likely N-dealkylation sites (tertiary alicyclic amines) is 1. The highest BCUT2D eigenvalue weighted by Crippen LogP contribution is 2.35. The third kappa shape index (κ3) is 4.07. The molecule has 24 heavy (non-hydrogen) atoms. The topological polar surface area (TPSA) is 32.3 Å². The van der Waals surface area contributed by atoms with Gasteiger partial charge in [-0.1, -0.05) is 48.9 Å². The number of carbonyl (C=O) groups is 1. The van der Waals surface area contributed by atoms with Gasteiger partial charge in [0.1, 0.15) is 0 Å². The number of halogens is 2. The minimum Gasteiger partial charge on any atom is -0.350 e. The maximum atomic E-state index is 12.5. The number of piperidine rings is 1. The second-order valence-corrected chi connectivity index (χ2v) is 7.96. The summed E-state index contributed by atoms with van der Waals surface area (Å²) >= 11 is 12.0. The molecule has 0 unspecified atom stereocenters. The molecule has 1 saturated heterocycles. The summed E-state index contributed by atoms with van der Waals surface area (Å²) in [6.07, 6.45) is 10.1. The molecule has 1 aromatic rings. The van der Waals surface area contributed by atoms with Gasteiger partial charge in [0.05, 0.1) is 10.0 Å². The fraction of sp³-hybridized carbons (Fsp3) is 0.632. The molecule has 0 aromatic heterocycles. The number of nitrogens with one attached hydrogen (secondary N) is 1. The minimum absolute atomic E-state index is 0.0597. The predicted octanol–water partition coefficient (Wildman–Crippen LogP) is 4.91. The molecule has 1 N–H and O–H groups in total. The van der Waals surface area contributed by atoms with Crippen LogP contribution in [0.5, 0.6) is 0 Å². The van der Waals surface area contributed by atoms with Gasteiger partial charge in [-0.25, -0.2) is 0 Å². The summed E-state index contributed by atoms with van der Waals surface area (Å²) in [5, 5.41) is 4.07. The van der Waals surface area contributed by atoms with E-state index >= 15 is 0 Å². The molecule has 0 atom stereocenters. The van der Waals surface area contributed by atoms with E-state index in [4.69, 9.17) is 23.2 Å². The van der Waals surface area contributed by atoms with Crippen molar-refractivity contribution < 1.29 is 4.79 Å². The first-order chi connectivity index (χ1) is 11.6. The molecule has 1 aliphatic heterocycles. The second-order valence-electron chi connectivity index (χ2n) is 7.14. The number of rotatable bonds is 4. The SMILES string of the molecule is O=C(NCC1(N2CCCCC2)CCCCC1)c1ccc(Cl)c(Cl)c1. The Morgan fingerprint density at radius 1 is 1.00 bits per heavy atom. The van der Waals surface area contributed by atoms with E-state index in [1.54, 1.807) is 18.2 Å². The van der Waals surface area contributed by atoms with Gasteiger partial charge in [0.25, 0.3) is 5.91 Å². The van der Waals surface area contributed by atoms with Crippen LogP contribution in [-0.2, 0) is 0 Å². The van der Waals surface area contributed by atoms with E-state index in [2.05, 4.69) is 10.2 Å². The van der Waals surface area contributed by atoms with Gasteiger partial charge in [-0.15, -0.1) is 0 Å². The van der Waals surface area contributed by atoms with E-state index < -0.39 is 0 Å². The summed E-state index contributed by atoms with van der Waals surface area (Å²) in [7, 11) is 0. The number of nitrogens with zero attached hydrogens (tertiary/aromatic N) is 1. The Hall–Kier alpha value is -0.770. The molecule has 0 radical (unpaired) electrons. The highest BCUT2D eigenvalue weighted by Gasteiger charge is 2.38. The number of amides is 1. The third-order valence-electron chi connectivity index (χ3n) is 5.57. The summed E-state index contributed by atoms with van der Waals surface area (Å²) < 4.78 is 0. The van der Waals surface area contributed by atoms with Crippen LogP contribution >= 0.6 is 23.2 Å². The van der Waals surface area contributed by atoms with Crippen LogP contribution in [0.3, 0.4) is 0 Å². The summed E-state index contributed by atoms with van der Waals surface area (Å²) in [6, 6.07) is 5.06. The molecular formula is C19H26Cl2N2O. The normalized spacial score (nSPS) is 21.4. The van der Waals surface area contributed by atoms with Crippen molar-refractivity contribution in [3.8, 4) is 0 Å². The maximum Gasteiger partial charge on any atom is 0.251 e. The Labute approximate surface area is 154 Å². The summed E-state index contributed by atoms with van der Waals surface area (Å²) in [5.74, 6) is -0.0597. The Bertz CT molecular complexity index is 579. The zero-order chi connectivity index (χ0) is 17.0. The quantitative estimate of drug-likeness (QED) is 0.818. The zero-order valence-electron chi connectivity index (χ0n) is 14.1. The van der Waals surface area contributed by atoms with Crippen LogP contribution in [0.25, 0.3) is 0 Å². The van der Waals surface area contributed by atoms with Gasteiger partial charge in [0.15, 0.2) is 0 Å². The summed E-state index contributed by atoms with van der Waals surface area (Å²) in [4.78, 5) is 15.2. The lowest BCUT2D eigenvalue weighted by atomic mass is 9.79. The second kappa shape index (κ2) is 8.07. The van der Waals surface area contributed by atoms with Crippen molar-refractivity contribution in [1.29, 1.82) is 0 Å². The van der Waals surface area contributed by atoms with Crippen LogP contribution in [0.1, 0.15) is 61.7 Å². The first kappa shape index (κ1) is 18.0. The van der Waals surface area contributed by atoms with E-state index in [9.17, 15) is 4.79 Å². The molecule has 3 nitrogen and oxygen atoms in total. The summed E-state index contributed by atoms with van der Waals surface area (Å²) in [5.41, 5.74) is 0.721. The molecule has 1 aromatic carbocycles. The van der Waals surface area contributed by atoms with Crippen molar-refractivity contribution >= 4 is 29.1 Å². The highest BCUT2D eigenvalue weighted by atomic mass is 35.5. The van der Waals surface area contributed by atoms with Gasteiger partial charge < -0.3 is 5.32 Å². The smallest absolute Gasteiger partial charge is 0.251 e. The Kier molecular flexibility index (Phi) is 6.07. The lowest BCUT2D eigenvalue weighted by molar-refractivity contribution is 0.0326. The van der Waals surface area contributed by atoms with Gasteiger partial charge in [0, 0.05) is 17.6 Å². The molecule has 1 heterocycles. The fourth-order valence-electron chi connectivity index (χ4n) is 4.17. The minimum atomic E-state index is -0.0597. The van der Waals surface area contributed by atoms with Gasteiger partial charge in [-0.2, -0.15) is 0 Å². The molecule has 132 valence electrons. The molecule has 1 amide bonds. The summed E-state index contributed by atoms with van der Waals surface area (Å²) in [6.45, 7) is 3.07. The zero-order valence-corrected chi connectivity index (χ0v) is 15.6. The molecule has 3 rings (SSSR count). The van der Waals surface area contributed by atoms with Crippen molar-refractivity contribution in [3.63, 3.8) is 0 Å². The first-order valence-electron chi connectivity index (χ1n) is 9.09. The third-order valence-corrected chi connectivity index (χ3v) is 6.31. The molecule has 1 aliphatic carbocycles. The average molecular weight is 369 g/mol. The van der Waals surface area contributed by atoms with Crippen molar-refractivity contribution in [2.24, 2.45) is 0 Å². The molecular weight excluding hydrogens is 343 g/mol. The largest absolute Gasteiger partial charge is 0.350 e. The van der Waals surface area contributed by atoms with E-state index in [-0.39, 0.29) is 11.4 Å². The standard InChI is InChI=1S/C19H26Cl2N2O/c20-16-8-7-15(13-17(16)21)18(24)22-14-19(9-3-1-4-10-19)23-11-5-2-6-12-23/h7-8,13H,1-6,9-12,14H2,(H,22,24). The van der Waals surface area contributed by atoms with Crippen molar-refractivity contribution in [1.82, 2.24) is 10.2 Å². The maximum absolute atomic E-state index is 12.5. The molecule has 5 heteroatoms. The number of hydrogen-bond donors (Lipinski definition) is 1. The van der Waals surface area contributed by atoms with Gasteiger partial charge in [-0.05, 0) is 57.0 Å².